The standard InChI is InChI=1S/C12H13BrN2O2/c1-7-11(13)12(15-14-7)9-6-8(16-2)4-5-10(9)17-3/h4-6H,1-3H3,(H,14,15). The van der Waals surface area contributed by atoms with E-state index in [9.17, 15) is 0 Å². The van der Waals surface area contributed by atoms with Gasteiger partial charge in [-0.1, -0.05) is 0 Å². The van der Waals surface area contributed by atoms with Crippen LogP contribution < -0.4 is 9.47 Å². The highest BCUT2D eigenvalue weighted by Gasteiger charge is 2.15. The smallest absolute Gasteiger partial charge is 0.128 e. The average Bonchev–Trinajstić information content (AvgIpc) is 2.69. The molecule has 0 spiro atoms. The molecule has 0 fully saturated rings. The molecule has 1 aromatic heterocycles. The van der Waals surface area contributed by atoms with Gasteiger partial charge in [-0.2, -0.15) is 5.10 Å². The summed E-state index contributed by atoms with van der Waals surface area (Å²) in [6, 6.07) is 5.62. The Kier molecular flexibility index (Phi) is 3.38. The van der Waals surface area contributed by atoms with Crippen LogP contribution in [0.4, 0.5) is 0 Å². The highest BCUT2D eigenvalue weighted by Crippen LogP contribution is 2.36. The van der Waals surface area contributed by atoms with Crippen LogP contribution in [0.1, 0.15) is 5.69 Å². The van der Waals surface area contributed by atoms with Crippen LogP contribution >= 0.6 is 15.9 Å². The summed E-state index contributed by atoms with van der Waals surface area (Å²) < 4.78 is 11.5. The molecule has 0 bridgehead atoms. The van der Waals surface area contributed by atoms with E-state index in [0.29, 0.717) is 0 Å². The van der Waals surface area contributed by atoms with Crippen molar-refractivity contribution < 1.29 is 9.47 Å². The summed E-state index contributed by atoms with van der Waals surface area (Å²) in [6.07, 6.45) is 0. The first-order valence-corrected chi connectivity index (χ1v) is 5.89. The first kappa shape index (κ1) is 12.0. The van der Waals surface area contributed by atoms with Crippen LogP contribution in [0.5, 0.6) is 11.5 Å². The Bertz CT molecular complexity index is 537. The minimum atomic E-state index is 0.762. The zero-order valence-electron chi connectivity index (χ0n) is 9.87. The molecule has 0 radical (unpaired) electrons. The fourth-order valence-corrected chi connectivity index (χ4v) is 1.98. The van der Waals surface area contributed by atoms with Crippen LogP contribution in [0.25, 0.3) is 11.3 Å². The number of ether oxygens (including phenoxy) is 2. The molecule has 0 amide bonds. The number of benzene rings is 1. The van der Waals surface area contributed by atoms with Crippen molar-refractivity contribution in [3.63, 3.8) is 0 Å². The number of nitrogens with one attached hydrogen (secondary N) is 1. The Morgan fingerprint density at radius 3 is 2.53 bits per heavy atom. The first-order chi connectivity index (χ1) is 8.17. The molecule has 0 saturated carbocycles. The van der Waals surface area contributed by atoms with Crippen molar-refractivity contribution in [3.05, 3.63) is 28.4 Å². The number of methoxy groups -OCH3 is 2. The third-order valence-corrected chi connectivity index (χ3v) is 3.50. The van der Waals surface area contributed by atoms with Crippen LogP contribution in [0.2, 0.25) is 0 Å². The zero-order valence-corrected chi connectivity index (χ0v) is 11.5. The van der Waals surface area contributed by atoms with Gasteiger partial charge in [0, 0.05) is 11.3 Å². The van der Waals surface area contributed by atoms with Crippen LogP contribution in [0.3, 0.4) is 0 Å². The topological polar surface area (TPSA) is 47.1 Å². The van der Waals surface area contributed by atoms with Crippen molar-refractivity contribution in [3.8, 4) is 22.8 Å². The maximum atomic E-state index is 5.33. The molecule has 2 aromatic rings. The summed E-state index contributed by atoms with van der Waals surface area (Å²) in [5, 5.41) is 7.19. The molecule has 0 unspecified atom stereocenters. The summed E-state index contributed by atoms with van der Waals surface area (Å²) in [5.41, 5.74) is 2.69. The Labute approximate surface area is 108 Å². The Morgan fingerprint density at radius 2 is 2.00 bits per heavy atom. The van der Waals surface area contributed by atoms with Crippen molar-refractivity contribution >= 4 is 15.9 Å². The SMILES string of the molecule is COc1ccc(OC)c(-c2n[nH]c(C)c2Br)c1. The highest BCUT2D eigenvalue weighted by atomic mass is 79.9. The van der Waals surface area contributed by atoms with Gasteiger partial charge < -0.3 is 9.47 Å². The second-order valence-electron chi connectivity index (χ2n) is 3.58. The summed E-state index contributed by atoms with van der Waals surface area (Å²) in [5.74, 6) is 1.53. The van der Waals surface area contributed by atoms with Crippen LogP contribution in [0.15, 0.2) is 22.7 Å². The molecule has 17 heavy (non-hydrogen) atoms. The Hall–Kier alpha value is -1.49. The summed E-state index contributed by atoms with van der Waals surface area (Å²) >= 11 is 3.51. The molecule has 0 aliphatic heterocycles. The molecule has 0 aliphatic rings. The maximum absolute atomic E-state index is 5.33. The van der Waals surface area contributed by atoms with Gasteiger partial charge in [0.05, 0.1) is 18.7 Å². The van der Waals surface area contributed by atoms with Gasteiger partial charge in [0.15, 0.2) is 0 Å². The minimum Gasteiger partial charge on any atom is -0.497 e. The van der Waals surface area contributed by atoms with Gasteiger partial charge in [-0.05, 0) is 41.1 Å². The first-order valence-electron chi connectivity index (χ1n) is 5.10. The van der Waals surface area contributed by atoms with Gasteiger partial charge in [-0.25, -0.2) is 0 Å². The largest absolute Gasteiger partial charge is 0.497 e. The van der Waals surface area contributed by atoms with E-state index in [2.05, 4.69) is 26.1 Å². The van der Waals surface area contributed by atoms with E-state index in [-0.39, 0.29) is 0 Å². The van der Waals surface area contributed by atoms with E-state index >= 15 is 0 Å². The molecule has 1 N–H and O–H groups in total. The van der Waals surface area contributed by atoms with E-state index in [4.69, 9.17) is 9.47 Å². The summed E-state index contributed by atoms with van der Waals surface area (Å²) in [6.45, 7) is 1.95. The predicted molar refractivity (Wildman–Crippen MR) is 69.6 cm³/mol. The van der Waals surface area contributed by atoms with E-state index in [1.165, 1.54) is 0 Å². The molecular formula is C12H13BrN2O2. The van der Waals surface area contributed by atoms with Crippen molar-refractivity contribution in [2.75, 3.05) is 14.2 Å². The van der Waals surface area contributed by atoms with E-state index < -0.39 is 0 Å². The number of rotatable bonds is 3. The molecule has 2 rings (SSSR count). The van der Waals surface area contributed by atoms with Crippen molar-refractivity contribution in [2.24, 2.45) is 0 Å². The van der Waals surface area contributed by atoms with Gasteiger partial charge in [0.1, 0.15) is 17.2 Å². The van der Waals surface area contributed by atoms with Gasteiger partial charge >= 0.3 is 0 Å². The third kappa shape index (κ3) is 2.15. The molecule has 5 heteroatoms. The number of hydrogen-bond acceptors (Lipinski definition) is 3. The number of H-pyrrole nitrogens is 1. The number of hydrogen-bond donors (Lipinski definition) is 1. The number of halogens is 1. The number of aromatic amines is 1. The Morgan fingerprint density at radius 1 is 1.24 bits per heavy atom. The molecule has 4 nitrogen and oxygen atoms in total. The molecule has 1 aromatic carbocycles. The lowest BCUT2D eigenvalue weighted by molar-refractivity contribution is 0.404. The van der Waals surface area contributed by atoms with Gasteiger partial charge in [-0.3, -0.25) is 5.10 Å². The lowest BCUT2D eigenvalue weighted by Gasteiger charge is -2.08. The molecule has 0 saturated heterocycles. The molecular weight excluding hydrogens is 284 g/mol. The second-order valence-corrected chi connectivity index (χ2v) is 4.37. The third-order valence-electron chi connectivity index (χ3n) is 2.53. The van der Waals surface area contributed by atoms with Gasteiger partial charge in [0.25, 0.3) is 0 Å². The Balaban J connectivity index is 2.60. The van der Waals surface area contributed by atoms with Crippen LogP contribution in [-0.2, 0) is 0 Å². The quantitative estimate of drug-likeness (QED) is 0.946. The summed E-state index contributed by atoms with van der Waals surface area (Å²) in [7, 11) is 3.27. The van der Waals surface area contributed by atoms with Gasteiger partial charge in [-0.15, -0.1) is 0 Å². The maximum Gasteiger partial charge on any atom is 0.128 e. The molecule has 0 atom stereocenters. The normalized spacial score (nSPS) is 10.4. The lowest BCUT2D eigenvalue weighted by atomic mass is 10.1. The highest BCUT2D eigenvalue weighted by molar-refractivity contribution is 9.10. The lowest BCUT2D eigenvalue weighted by Crippen LogP contribution is -1.91. The average molecular weight is 297 g/mol. The van der Waals surface area contributed by atoms with Crippen LogP contribution in [0, 0.1) is 6.92 Å². The predicted octanol–water partition coefficient (Wildman–Crippen LogP) is 3.16. The zero-order chi connectivity index (χ0) is 12.4. The monoisotopic (exact) mass is 296 g/mol. The summed E-state index contributed by atoms with van der Waals surface area (Å²) in [4.78, 5) is 0. The molecule has 1 heterocycles. The van der Waals surface area contributed by atoms with E-state index in [1.54, 1.807) is 14.2 Å². The fourth-order valence-electron chi connectivity index (χ4n) is 1.59. The van der Waals surface area contributed by atoms with E-state index in [0.717, 1.165) is 32.9 Å². The van der Waals surface area contributed by atoms with Gasteiger partial charge in [0.2, 0.25) is 0 Å². The number of aryl methyl sites for hydroxylation is 1. The van der Waals surface area contributed by atoms with E-state index in [1.807, 2.05) is 25.1 Å². The van der Waals surface area contributed by atoms with Crippen molar-refractivity contribution in [1.82, 2.24) is 10.2 Å². The second kappa shape index (κ2) is 4.79. The minimum absolute atomic E-state index is 0.762. The fraction of sp³-hybridized carbons (Fsp3) is 0.250. The molecule has 0 aliphatic carbocycles. The van der Waals surface area contributed by atoms with Crippen LogP contribution in [-0.4, -0.2) is 24.4 Å². The number of nitrogens with zero attached hydrogens (tertiary/aromatic N) is 1. The van der Waals surface area contributed by atoms with Crippen molar-refractivity contribution in [1.29, 1.82) is 0 Å². The van der Waals surface area contributed by atoms with Crippen molar-refractivity contribution in [2.45, 2.75) is 6.92 Å². The molecule has 90 valence electrons. The number of aromatic nitrogens is 2.